The summed E-state index contributed by atoms with van der Waals surface area (Å²) >= 11 is 6.01. The third-order valence-corrected chi connectivity index (χ3v) is 7.73. The monoisotopic (exact) mass is 545 g/mol. The Morgan fingerprint density at radius 1 is 1.03 bits per heavy atom. The Balaban J connectivity index is 1.60. The normalized spacial score (nSPS) is 12.7. The van der Waals surface area contributed by atoms with E-state index in [0.717, 1.165) is 11.1 Å². The Bertz CT molecular complexity index is 1290. The van der Waals surface area contributed by atoms with Crippen LogP contribution in [0.4, 0.5) is 0 Å². The summed E-state index contributed by atoms with van der Waals surface area (Å²) in [5.74, 6) is -0.260. The summed E-state index contributed by atoms with van der Waals surface area (Å²) in [5, 5.41) is 14.4. The van der Waals surface area contributed by atoms with Gasteiger partial charge in [-0.05, 0) is 86.3 Å². The van der Waals surface area contributed by atoms with Crippen LogP contribution in [0.5, 0.6) is 5.75 Å². The van der Waals surface area contributed by atoms with Gasteiger partial charge in [0.1, 0.15) is 0 Å². The first kappa shape index (κ1) is 28.7. The maximum atomic E-state index is 13.1. The number of aliphatic hydroxyl groups is 1. The van der Waals surface area contributed by atoms with Gasteiger partial charge in [-0.3, -0.25) is 9.78 Å². The summed E-state index contributed by atoms with van der Waals surface area (Å²) in [6.45, 7) is 6.23. The second-order valence-corrected chi connectivity index (χ2v) is 11.8. The lowest BCUT2D eigenvalue weighted by Gasteiger charge is -2.28. The van der Waals surface area contributed by atoms with E-state index in [9.17, 15) is 18.3 Å². The predicted molar refractivity (Wildman–Crippen MR) is 142 cm³/mol. The first-order valence-electron chi connectivity index (χ1n) is 12.0. The van der Waals surface area contributed by atoms with Crippen molar-refractivity contribution in [3.63, 3.8) is 0 Å². The van der Waals surface area contributed by atoms with Crippen LogP contribution in [0, 0.1) is 0 Å². The van der Waals surface area contributed by atoms with E-state index < -0.39 is 21.9 Å². The lowest BCUT2D eigenvalue weighted by molar-refractivity contribution is -0.213. The molecule has 0 radical (unpaired) electrons. The third-order valence-electron chi connectivity index (χ3n) is 5.71. The second-order valence-electron chi connectivity index (χ2n) is 9.42. The van der Waals surface area contributed by atoms with E-state index in [1.54, 1.807) is 42.5 Å². The van der Waals surface area contributed by atoms with Gasteiger partial charge in [0.25, 0.3) is 0 Å². The Hall–Kier alpha value is -2.91. The number of carbonyl (C=O) groups is 1. The molecule has 3 aromatic carbocycles. The molecule has 0 spiro atoms. The zero-order chi connectivity index (χ0) is 27.1. The molecule has 0 saturated heterocycles. The van der Waals surface area contributed by atoms with Crippen molar-refractivity contribution in [3.05, 3.63) is 88.9 Å². The molecular weight excluding hydrogens is 514 g/mol. The summed E-state index contributed by atoms with van der Waals surface area (Å²) in [6, 6.07) is 19.6. The van der Waals surface area contributed by atoms with Gasteiger partial charge in [0.2, 0.25) is 9.84 Å². The molecule has 0 aromatic heterocycles. The van der Waals surface area contributed by atoms with Crippen LogP contribution in [0.1, 0.15) is 50.8 Å². The largest absolute Gasteiger partial charge is 0.387 e. The summed E-state index contributed by atoms with van der Waals surface area (Å²) in [7, 11) is -3.73. The molecule has 0 aliphatic carbocycles. The van der Waals surface area contributed by atoms with Gasteiger partial charge in [-0.1, -0.05) is 42.8 Å². The van der Waals surface area contributed by atoms with E-state index in [1.165, 1.54) is 24.3 Å². The smallest absolute Gasteiger partial charge is 0.355 e. The standard InChI is InChI=1S/C28H32ClNO6S/c1-4-6-27(32)36-35-23-11-15-25(16-12-23)37(33,34)24-13-9-20(10-14-24)18-28(2,3)30-19-26(31)21-7-5-8-22(29)17-21/h5,7-17,26,30-31H,4,6,18-19H2,1-3H3/t26-/m0/s1. The average molecular weight is 546 g/mol. The van der Waals surface area contributed by atoms with Crippen LogP contribution in [-0.4, -0.2) is 31.6 Å². The Morgan fingerprint density at radius 2 is 1.65 bits per heavy atom. The fraction of sp³-hybridized carbons (Fsp3) is 0.321. The van der Waals surface area contributed by atoms with Crippen LogP contribution in [0.15, 0.2) is 82.6 Å². The Kier molecular flexibility index (Phi) is 9.73. The number of benzene rings is 3. The molecular formula is C28H32ClNO6S. The maximum Gasteiger partial charge on any atom is 0.355 e. The van der Waals surface area contributed by atoms with E-state index in [-0.39, 0.29) is 27.5 Å². The fourth-order valence-corrected chi connectivity index (χ4v) is 5.17. The number of β-amino-alcohol motifs (C(OH)–C–C–N with tert-alkyl or cyclic N) is 1. The number of hydrogen-bond acceptors (Lipinski definition) is 7. The quantitative estimate of drug-likeness (QED) is 0.230. The zero-order valence-electron chi connectivity index (χ0n) is 21.1. The minimum Gasteiger partial charge on any atom is -0.387 e. The molecule has 3 rings (SSSR count). The summed E-state index contributed by atoms with van der Waals surface area (Å²) in [6.07, 6.45) is 0.795. The fourth-order valence-electron chi connectivity index (χ4n) is 3.71. The summed E-state index contributed by atoms with van der Waals surface area (Å²) in [5.41, 5.74) is 1.34. The number of hydrogen-bond donors (Lipinski definition) is 2. The number of rotatable bonds is 12. The van der Waals surface area contributed by atoms with Crippen LogP contribution in [0.3, 0.4) is 0 Å². The van der Waals surface area contributed by atoms with Gasteiger partial charge in [0.15, 0.2) is 5.75 Å². The van der Waals surface area contributed by atoms with Crippen molar-refractivity contribution in [1.82, 2.24) is 5.32 Å². The van der Waals surface area contributed by atoms with Crippen molar-refractivity contribution < 1.29 is 28.1 Å². The second kappa shape index (κ2) is 12.6. The molecule has 0 bridgehead atoms. The van der Waals surface area contributed by atoms with Crippen molar-refractivity contribution in [2.75, 3.05) is 6.54 Å². The molecule has 0 heterocycles. The first-order valence-corrected chi connectivity index (χ1v) is 13.9. The predicted octanol–water partition coefficient (Wildman–Crippen LogP) is 5.45. The lowest BCUT2D eigenvalue weighted by atomic mass is 9.94. The van der Waals surface area contributed by atoms with Gasteiger partial charge in [0.05, 0.1) is 15.9 Å². The van der Waals surface area contributed by atoms with E-state index in [2.05, 4.69) is 10.2 Å². The van der Waals surface area contributed by atoms with Crippen molar-refractivity contribution in [1.29, 1.82) is 0 Å². The lowest BCUT2D eigenvalue weighted by Crippen LogP contribution is -2.43. The Labute approximate surface area is 223 Å². The Morgan fingerprint density at radius 3 is 2.24 bits per heavy atom. The van der Waals surface area contributed by atoms with Crippen LogP contribution in [0.2, 0.25) is 5.02 Å². The van der Waals surface area contributed by atoms with E-state index in [4.69, 9.17) is 16.5 Å². The van der Waals surface area contributed by atoms with Crippen LogP contribution in [0.25, 0.3) is 0 Å². The van der Waals surface area contributed by atoms with Gasteiger partial charge in [-0.15, -0.1) is 0 Å². The number of sulfone groups is 1. The molecule has 0 aliphatic rings. The van der Waals surface area contributed by atoms with Gasteiger partial charge in [-0.25, -0.2) is 13.2 Å². The number of carbonyl (C=O) groups excluding carboxylic acids is 1. The number of aliphatic hydroxyl groups excluding tert-OH is 1. The molecule has 198 valence electrons. The highest BCUT2D eigenvalue weighted by molar-refractivity contribution is 7.91. The van der Waals surface area contributed by atoms with Crippen LogP contribution in [-0.2, 0) is 25.9 Å². The molecule has 3 aromatic rings. The number of halogens is 1. The van der Waals surface area contributed by atoms with Gasteiger partial charge < -0.3 is 10.4 Å². The van der Waals surface area contributed by atoms with Crippen molar-refractivity contribution in [2.24, 2.45) is 0 Å². The molecule has 0 unspecified atom stereocenters. The molecule has 1 atom stereocenters. The van der Waals surface area contributed by atoms with Gasteiger partial charge >= 0.3 is 5.97 Å². The highest BCUT2D eigenvalue weighted by atomic mass is 35.5. The molecule has 9 heteroatoms. The summed E-state index contributed by atoms with van der Waals surface area (Å²) in [4.78, 5) is 21.3. The minimum atomic E-state index is -3.73. The van der Waals surface area contributed by atoms with Crippen molar-refractivity contribution in [3.8, 4) is 5.75 Å². The zero-order valence-corrected chi connectivity index (χ0v) is 22.7. The van der Waals surface area contributed by atoms with E-state index in [1.807, 2.05) is 26.8 Å². The van der Waals surface area contributed by atoms with E-state index in [0.29, 0.717) is 24.4 Å². The van der Waals surface area contributed by atoms with Crippen LogP contribution >= 0.6 is 11.6 Å². The molecule has 2 N–H and O–H groups in total. The van der Waals surface area contributed by atoms with Crippen molar-refractivity contribution >= 4 is 27.4 Å². The van der Waals surface area contributed by atoms with Crippen molar-refractivity contribution in [2.45, 2.75) is 61.5 Å². The minimum absolute atomic E-state index is 0.101. The molecule has 0 saturated carbocycles. The highest BCUT2D eigenvalue weighted by Gasteiger charge is 2.22. The summed E-state index contributed by atoms with van der Waals surface area (Å²) < 4.78 is 26.1. The molecule has 7 nitrogen and oxygen atoms in total. The van der Waals surface area contributed by atoms with Gasteiger partial charge in [-0.2, -0.15) is 0 Å². The SMILES string of the molecule is CCCC(=O)OOc1ccc(S(=O)(=O)c2ccc(CC(C)(C)NC[C@H](O)c3cccc(Cl)c3)cc2)cc1. The molecule has 0 amide bonds. The number of nitrogens with one attached hydrogen (secondary N) is 1. The molecule has 0 fully saturated rings. The topological polar surface area (TPSA) is 102 Å². The molecule has 0 aliphatic heterocycles. The first-order chi connectivity index (χ1) is 17.5. The third kappa shape index (κ3) is 8.30. The van der Waals surface area contributed by atoms with E-state index >= 15 is 0 Å². The average Bonchev–Trinajstić information content (AvgIpc) is 2.86. The maximum absolute atomic E-state index is 13.1. The molecule has 37 heavy (non-hydrogen) atoms. The van der Waals surface area contributed by atoms with Crippen LogP contribution < -0.4 is 10.2 Å². The van der Waals surface area contributed by atoms with Gasteiger partial charge in [0, 0.05) is 23.5 Å². The highest BCUT2D eigenvalue weighted by Crippen LogP contribution is 2.25.